The molecule has 2 unspecified atom stereocenters. The van der Waals surface area contributed by atoms with Gasteiger partial charge in [-0.05, 0) is 31.1 Å². The van der Waals surface area contributed by atoms with Crippen molar-refractivity contribution >= 4 is 17.9 Å². The van der Waals surface area contributed by atoms with Crippen LogP contribution in [0.1, 0.15) is 343 Å². The van der Waals surface area contributed by atoms with Gasteiger partial charge in [-0.3, -0.25) is 14.4 Å². The van der Waals surface area contributed by atoms with E-state index in [0.29, 0.717) is 19.3 Å². The summed E-state index contributed by atoms with van der Waals surface area (Å²) in [4.78, 5) is 38.2. The molecule has 67 heavy (non-hydrogen) atoms. The lowest BCUT2D eigenvalue weighted by molar-refractivity contribution is -0.167. The van der Waals surface area contributed by atoms with Gasteiger partial charge in [0, 0.05) is 19.3 Å². The van der Waals surface area contributed by atoms with Crippen molar-refractivity contribution in [2.75, 3.05) is 13.2 Å². The van der Waals surface area contributed by atoms with Crippen LogP contribution in [0.15, 0.2) is 0 Å². The van der Waals surface area contributed by atoms with Gasteiger partial charge >= 0.3 is 17.9 Å². The van der Waals surface area contributed by atoms with Gasteiger partial charge in [-0.2, -0.15) is 0 Å². The average molecular weight is 948 g/mol. The minimum Gasteiger partial charge on any atom is -0.462 e. The molecule has 0 aliphatic heterocycles. The van der Waals surface area contributed by atoms with E-state index in [-0.39, 0.29) is 31.1 Å². The number of ether oxygens (including phenoxy) is 3. The highest BCUT2D eigenvalue weighted by Crippen LogP contribution is 2.19. The van der Waals surface area contributed by atoms with E-state index >= 15 is 0 Å². The molecule has 0 bridgehead atoms. The van der Waals surface area contributed by atoms with Crippen molar-refractivity contribution in [2.24, 2.45) is 11.8 Å². The lowest BCUT2D eigenvalue weighted by atomic mass is 9.99. The Labute approximate surface area is 418 Å². The molecule has 0 fully saturated rings. The first kappa shape index (κ1) is 65.4. The van der Waals surface area contributed by atoms with Crippen LogP contribution in [0.5, 0.6) is 0 Å². The zero-order chi connectivity index (χ0) is 48.9. The van der Waals surface area contributed by atoms with Gasteiger partial charge in [-0.15, -0.1) is 0 Å². The van der Waals surface area contributed by atoms with Gasteiger partial charge in [0.05, 0.1) is 0 Å². The number of hydrogen-bond donors (Lipinski definition) is 0. The van der Waals surface area contributed by atoms with Crippen LogP contribution in [-0.4, -0.2) is 37.2 Å². The topological polar surface area (TPSA) is 78.9 Å². The standard InChI is InChI=1S/C61H118O6/c1-6-9-10-11-12-13-14-15-16-17-18-19-20-25-28-31-38-43-48-53-61(64)67-58(55-66-60(63)52-47-42-37-33-32-35-40-45-50-57(5)8-3)54-65-59(62)51-46-41-36-30-27-24-22-21-23-26-29-34-39-44-49-56(4)7-2/h56-58H,6-55H2,1-5H3/t56?,57?,58-/m0/s1. The Balaban J connectivity index is 4.27. The molecule has 0 aromatic heterocycles. The van der Waals surface area contributed by atoms with E-state index in [1.807, 2.05) is 0 Å². The molecule has 0 aliphatic rings. The van der Waals surface area contributed by atoms with E-state index < -0.39 is 6.10 Å². The highest BCUT2D eigenvalue weighted by Gasteiger charge is 2.19. The fourth-order valence-electron chi connectivity index (χ4n) is 9.34. The number of rotatable bonds is 55. The second-order valence-electron chi connectivity index (χ2n) is 21.5. The predicted molar refractivity (Wildman–Crippen MR) is 289 cm³/mol. The van der Waals surface area contributed by atoms with Crippen LogP contribution in [0, 0.1) is 11.8 Å². The van der Waals surface area contributed by atoms with Crippen LogP contribution in [0.3, 0.4) is 0 Å². The molecule has 3 atom stereocenters. The summed E-state index contributed by atoms with van der Waals surface area (Å²) in [5, 5.41) is 0. The lowest BCUT2D eigenvalue weighted by Gasteiger charge is -2.18. The molecule has 0 saturated carbocycles. The Morgan fingerprint density at radius 3 is 0.776 bits per heavy atom. The maximum Gasteiger partial charge on any atom is 0.306 e. The van der Waals surface area contributed by atoms with Crippen LogP contribution < -0.4 is 0 Å². The molecular weight excluding hydrogens is 829 g/mol. The van der Waals surface area contributed by atoms with Gasteiger partial charge in [0.2, 0.25) is 0 Å². The van der Waals surface area contributed by atoms with Crippen LogP contribution in [0.25, 0.3) is 0 Å². The molecule has 0 rings (SSSR count). The summed E-state index contributed by atoms with van der Waals surface area (Å²) < 4.78 is 16.9. The Morgan fingerprint density at radius 1 is 0.299 bits per heavy atom. The van der Waals surface area contributed by atoms with Crippen LogP contribution in [-0.2, 0) is 28.6 Å². The maximum absolute atomic E-state index is 12.9. The van der Waals surface area contributed by atoms with E-state index in [2.05, 4.69) is 34.6 Å². The molecule has 0 spiro atoms. The summed E-state index contributed by atoms with van der Waals surface area (Å²) in [5.74, 6) is 0.905. The number of hydrogen-bond acceptors (Lipinski definition) is 6. The van der Waals surface area contributed by atoms with Crippen LogP contribution in [0.4, 0.5) is 0 Å². The predicted octanol–water partition coefficient (Wildman–Crippen LogP) is 20.0. The highest BCUT2D eigenvalue weighted by molar-refractivity contribution is 5.71. The molecule has 0 N–H and O–H groups in total. The average Bonchev–Trinajstić information content (AvgIpc) is 3.33. The first-order valence-corrected chi connectivity index (χ1v) is 30.3. The third-order valence-electron chi connectivity index (χ3n) is 14.7. The van der Waals surface area contributed by atoms with Gasteiger partial charge < -0.3 is 14.2 Å². The van der Waals surface area contributed by atoms with Crippen LogP contribution in [0.2, 0.25) is 0 Å². The third-order valence-corrected chi connectivity index (χ3v) is 14.7. The van der Waals surface area contributed by atoms with E-state index in [9.17, 15) is 14.4 Å². The van der Waals surface area contributed by atoms with E-state index in [1.54, 1.807) is 0 Å². The molecule has 0 saturated heterocycles. The monoisotopic (exact) mass is 947 g/mol. The smallest absolute Gasteiger partial charge is 0.306 e. The Hall–Kier alpha value is -1.59. The normalized spacial score (nSPS) is 12.9. The Morgan fingerprint density at radius 2 is 0.522 bits per heavy atom. The minimum absolute atomic E-state index is 0.0629. The second kappa shape index (κ2) is 53.8. The Kier molecular flexibility index (Phi) is 52.5. The minimum atomic E-state index is -0.763. The molecule has 0 radical (unpaired) electrons. The summed E-state index contributed by atoms with van der Waals surface area (Å²) in [6, 6.07) is 0. The first-order chi connectivity index (χ1) is 32.8. The Bertz CT molecular complexity index is 1030. The first-order valence-electron chi connectivity index (χ1n) is 30.3. The number of carbonyl (C=O) groups excluding carboxylic acids is 3. The van der Waals surface area contributed by atoms with Gasteiger partial charge in [0.15, 0.2) is 6.10 Å². The quantitative estimate of drug-likeness (QED) is 0.0343. The second-order valence-corrected chi connectivity index (χ2v) is 21.5. The van der Waals surface area contributed by atoms with Gasteiger partial charge in [0.25, 0.3) is 0 Å². The molecule has 6 heteroatoms. The summed E-state index contributed by atoms with van der Waals surface area (Å²) >= 11 is 0. The van der Waals surface area contributed by atoms with E-state index in [0.717, 1.165) is 69.6 Å². The third kappa shape index (κ3) is 52.1. The largest absolute Gasteiger partial charge is 0.462 e. The van der Waals surface area contributed by atoms with Crippen molar-refractivity contribution in [1.29, 1.82) is 0 Å². The summed E-state index contributed by atoms with van der Waals surface area (Å²) in [5.41, 5.74) is 0. The number of unbranched alkanes of at least 4 members (excludes halogenated alkanes) is 38. The summed E-state index contributed by atoms with van der Waals surface area (Å²) in [6.45, 7) is 11.5. The summed E-state index contributed by atoms with van der Waals surface area (Å²) in [6.07, 6.45) is 58.0. The van der Waals surface area contributed by atoms with E-state index in [1.165, 1.54) is 231 Å². The van der Waals surface area contributed by atoms with Crippen molar-refractivity contribution in [2.45, 2.75) is 349 Å². The highest BCUT2D eigenvalue weighted by atomic mass is 16.6. The fourth-order valence-corrected chi connectivity index (χ4v) is 9.34. The maximum atomic E-state index is 12.9. The molecule has 0 heterocycles. The molecule has 6 nitrogen and oxygen atoms in total. The van der Waals surface area contributed by atoms with Crippen molar-refractivity contribution < 1.29 is 28.6 Å². The number of carbonyl (C=O) groups is 3. The fraction of sp³-hybridized carbons (Fsp3) is 0.951. The van der Waals surface area contributed by atoms with Crippen molar-refractivity contribution in [3.63, 3.8) is 0 Å². The van der Waals surface area contributed by atoms with Crippen molar-refractivity contribution in [1.82, 2.24) is 0 Å². The molecule has 0 amide bonds. The van der Waals surface area contributed by atoms with Crippen LogP contribution >= 0.6 is 0 Å². The van der Waals surface area contributed by atoms with Crippen molar-refractivity contribution in [3.8, 4) is 0 Å². The molecule has 0 aliphatic carbocycles. The SMILES string of the molecule is CCCCCCCCCCCCCCCCCCCCCC(=O)O[C@@H](COC(=O)CCCCCCCCCCCCCCCCC(C)CC)COC(=O)CCCCCCCCCCC(C)CC. The molecule has 398 valence electrons. The van der Waals surface area contributed by atoms with Gasteiger partial charge in [-0.1, -0.05) is 304 Å². The summed E-state index contributed by atoms with van der Waals surface area (Å²) in [7, 11) is 0. The zero-order valence-electron chi connectivity index (χ0n) is 46.0. The molecule has 0 aromatic carbocycles. The molecular formula is C61H118O6. The van der Waals surface area contributed by atoms with E-state index in [4.69, 9.17) is 14.2 Å². The van der Waals surface area contributed by atoms with Crippen molar-refractivity contribution in [3.05, 3.63) is 0 Å². The van der Waals surface area contributed by atoms with Gasteiger partial charge in [-0.25, -0.2) is 0 Å². The molecule has 0 aromatic rings. The van der Waals surface area contributed by atoms with Gasteiger partial charge in [0.1, 0.15) is 13.2 Å². The number of esters is 3. The zero-order valence-corrected chi connectivity index (χ0v) is 46.0. The lowest BCUT2D eigenvalue weighted by Crippen LogP contribution is -2.30.